The van der Waals surface area contributed by atoms with Crippen LogP contribution in [0.4, 0.5) is 13.2 Å². The fourth-order valence-electron chi connectivity index (χ4n) is 17.3. The first-order valence-electron chi connectivity index (χ1n) is 40.3. The molecule has 16 rings (SSSR count). The van der Waals surface area contributed by atoms with Crippen molar-refractivity contribution in [2.75, 3.05) is 62.0 Å². The molecule has 0 spiro atoms. The number of methoxy groups -OCH3 is 5. The van der Waals surface area contributed by atoms with Gasteiger partial charge < -0.3 is 93.7 Å². The van der Waals surface area contributed by atoms with Crippen LogP contribution < -0.4 is 42.6 Å². The molecule has 10 N–H and O–H groups in total. The lowest BCUT2D eigenvalue weighted by atomic mass is 9.72. The van der Waals surface area contributed by atoms with E-state index in [4.69, 9.17) is 42.6 Å². The van der Waals surface area contributed by atoms with Gasteiger partial charge in [-0.05, 0) is 203 Å². The first-order valence-corrected chi connectivity index (χ1v) is 40.3. The first-order chi connectivity index (χ1) is 58.6. The Morgan fingerprint density at radius 3 is 0.756 bits per heavy atom. The third-order valence-corrected chi connectivity index (χ3v) is 23.9. The van der Waals surface area contributed by atoms with E-state index < -0.39 is 23.4 Å². The summed E-state index contributed by atoms with van der Waals surface area (Å²) < 4.78 is 92.8. The maximum absolute atomic E-state index is 13.9. The Labute approximate surface area is 713 Å². The normalized spacial score (nSPS) is 18.0. The lowest BCUT2D eigenvalue weighted by molar-refractivity contribution is 0.244. The van der Waals surface area contributed by atoms with Crippen LogP contribution in [0.25, 0.3) is 0 Å². The monoisotopic (exact) mass is 1680 g/mol. The van der Waals surface area contributed by atoms with Crippen molar-refractivity contribution in [1.82, 2.24) is 0 Å². The van der Waals surface area contributed by atoms with Gasteiger partial charge in [0.25, 0.3) is 0 Å². The van der Waals surface area contributed by atoms with Gasteiger partial charge >= 0.3 is 0 Å². The van der Waals surface area contributed by atoms with Crippen molar-refractivity contribution >= 4 is 0 Å². The molecule has 0 saturated carbocycles. The summed E-state index contributed by atoms with van der Waals surface area (Å²) in [4.78, 5) is 0. The lowest BCUT2D eigenvalue weighted by Gasteiger charge is -2.37. The van der Waals surface area contributed by atoms with Gasteiger partial charge in [-0.15, -0.1) is 0 Å². The topological polar surface area (TPSA) is 285 Å². The summed E-state index contributed by atoms with van der Waals surface area (Å²) in [6.45, 7) is 21.3. The van der Waals surface area contributed by atoms with Crippen molar-refractivity contribution in [3.05, 3.63) is 312 Å². The summed E-state index contributed by atoms with van der Waals surface area (Å²) in [5.41, 5.74) is 14.9. The second kappa shape index (κ2) is 35.7. The van der Waals surface area contributed by atoms with Crippen LogP contribution in [0.1, 0.15) is 189 Å². The Kier molecular flexibility index (Phi) is 25.4. The van der Waals surface area contributed by atoms with Gasteiger partial charge in [0.15, 0.2) is 40.4 Å². The van der Waals surface area contributed by atoms with Gasteiger partial charge in [-0.25, -0.2) is 13.2 Å². The number of benzene rings is 12. The average molecular weight is 1680 g/mol. The van der Waals surface area contributed by atoms with Crippen molar-refractivity contribution in [3.63, 3.8) is 0 Å². The third kappa shape index (κ3) is 17.6. The summed E-state index contributed by atoms with van der Waals surface area (Å²) in [7, 11) is 7.76. The molecule has 123 heavy (non-hydrogen) atoms. The fourth-order valence-corrected chi connectivity index (χ4v) is 17.3. The number of fused-ring (bicyclic) bond motifs is 4. The maximum atomic E-state index is 13.9. The molecule has 8 unspecified atom stereocenters. The molecule has 19 nitrogen and oxygen atoms in total. The van der Waals surface area contributed by atoms with Crippen LogP contribution in [-0.2, 0) is 10.8 Å². The van der Waals surface area contributed by atoms with E-state index in [1.165, 1.54) is 26.4 Å². The zero-order valence-corrected chi connectivity index (χ0v) is 71.2. The highest BCUT2D eigenvalue weighted by molar-refractivity contribution is 5.64. The molecule has 4 aliphatic rings. The Hall–Kier alpha value is -13.4. The minimum absolute atomic E-state index is 0.0104. The number of halogens is 3. The number of hydrogen-bond donors (Lipinski definition) is 10. The van der Waals surface area contributed by atoms with Gasteiger partial charge in [0, 0.05) is 91.9 Å². The van der Waals surface area contributed by atoms with Crippen molar-refractivity contribution < 1.29 is 107 Å². The van der Waals surface area contributed by atoms with Gasteiger partial charge in [-0.1, -0.05) is 126 Å². The van der Waals surface area contributed by atoms with Crippen molar-refractivity contribution in [2.24, 2.45) is 0 Å². The largest absolute Gasteiger partial charge is 0.508 e. The van der Waals surface area contributed by atoms with E-state index in [0.29, 0.717) is 88.3 Å². The number of rotatable bonds is 13. The minimum atomic E-state index is -1.51. The van der Waals surface area contributed by atoms with Crippen LogP contribution in [-0.4, -0.2) is 113 Å². The van der Waals surface area contributed by atoms with Crippen LogP contribution in [0.5, 0.6) is 109 Å². The van der Waals surface area contributed by atoms with Crippen molar-refractivity contribution in [3.8, 4) is 109 Å². The van der Waals surface area contributed by atoms with Gasteiger partial charge in [-0.2, -0.15) is 0 Å². The summed E-state index contributed by atoms with van der Waals surface area (Å²) in [5.74, 6) is 1.38. The highest BCUT2D eigenvalue weighted by atomic mass is 19.2. The van der Waals surface area contributed by atoms with Gasteiger partial charge in [-0.3, -0.25) is 0 Å². The zero-order chi connectivity index (χ0) is 88.5. The summed E-state index contributed by atoms with van der Waals surface area (Å²) in [6.07, 6.45) is 0. The van der Waals surface area contributed by atoms with Crippen LogP contribution >= 0.6 is 0 Å². The summed E-state index contributed by atoms with van der Waals surface area (Å²) in [6, 6.07) is 55.9. The van der Waals surface area contributed by atoms with Gasteiger partial charge in [0.05, 0.1) is 62.0 Å². The zero-order valence-electron chi connectivity index (χ0n) is 71.2. The Morgan fingerprint density at radius 2 is 0.520 bits per heavy atom. The van der Waals surface area contributed by atoms with E-state index in [0.717, 1.165) is 95.8 Å². The van der Waals surface area contributed by atoms with Crippen molar-refractivity contribution in [2.45, 2.75) is 127 Å². The highest BCUT2D eigenvalue weighted by Crippen LogP contribution is 2.57. The molecule has 0 amide bonds. The van der Waals surface area contributed by atoms with E-state index in [2.05, 4.69) is 53.7 Å². The molecule has 642 valence electrons. The molecule has 0 aromatic heterocycles. The Bertz CT molecular complexity index is 5750. The summed E-state index contributed by atoms with van der Waals surface area (Å²) in [5, 5.41) is 101. The Balaban J connectivity index is 0.000000141. The smallest absolute Gasteiger partial charge is 0.203 e. The molecule has 0 saturated heterocycles. The van der Waals surface area contributed by atoms with Gasteiger partial charge in [0.1, 0.15) is 74.7 Å². The molecule has 0 aliphatic carbocycles. The van der Waals surface area contributed by atoms with E-state index in [-0.39, 0.29) is 116 Å². The SMILES string of the molecule is COc1cc(C2COc3c(ccc(O)c3C)C2c2ccc(O)cc2)cc(OC)c1O.COc1cc(C2COc3c(ccc(O)c3C)C2c2ccc(O)cc2)cc(OC)c1OC.Cc1c(O)ccc2c1OCC(c1cc(C(C)(C)C)c(O)c(C(C)(C)C)c1)C2c1ccc(O)cc1.Cc1c(O)ccc2c1OCC(c1cc(F)c(F)c(F)c1)C2c1ccc(O)cc1. The van der Waals surface area contributed by atoms with Gasteiger partial charge in [0.2, 0.25) is 11.5 Å². The quantitative estimate of drug-likeness (QED) is 0.0480. The molecule has 8 atom stereocenters. The number of hydrogen-bond acceptors (Lipinski definition) is 19. The molecular weight excluding hydrogens is 1570 g/mol. The standard InChI is InChI=1S/C30H36O4.C25H26O6.C24H24O6.C22H17F3O3/c1-17-25(32)13-12-21-26(18-8-10-20(31)11-9-18)22(16-34-28(17)21)19-14-23(29(2,3)4)27(33)24(15-19)30(5,6)7;1-14-20(27)10-9-18-23(15-5-7-17(26)8-6-15)19(13-31-24(14)18)16-11-21(28-2)25(30-4)22(12-16)29-3;1-13-19(26)9-8-17-22(14-4-6-16(25)7-5-14)18(12-30-24(13)17)15-10-20(28-2)23(27)21(11-15)29-3;1-11-19(27)7-6-15-20(12-2-4-14(26)5-3-12)16(10-28-22(11)15)13-8-17(23)21(25)18(24)9-13/h8-15,22,26,31-33H,16H2,1-7H3;5-12,19,23,26-27H,13H2,1-4H3;4-11,18,22,25-27H,12H2,1-3H3;2-9,16,20,26-27H,10H2,1H3. The average Bonchev–Trinajstić information content (AvgIpc) is 0.756. The maximum Gasteiger partial charge on any atom is 0.203 e. The number of phenols is 10. The van der Waals surface area contributed by atoms with E-state index in [1.54, 1.807) is 119 Å². The number of phenolic OH excluding ortho intramolecular Hbond substituents is 10. The molecule has 0 fully saturated rings. The molecule has 22 heteroatoms. The van der Waals surface area contributed by atoms with E-state index >= 15 is 0 Å². The second-order valence-corrected chi connectivity index (χ2v) is 33.5. The molecule has 12 aromatic rings. The molecular formula is C101H103F3O19. The van der Waals surface area contributed by atoms with Crippen LogP contribution in [0, 0.1) is 45.1 Å². The predicted molar refractivity (Wildman–Crippen MR) is 463 cm³/mol. The van der Waals surface area contributed by atoms with Crippen LogP contribution in [0.2, 0.25) is 0 Å². The van der Waals surface area contributed by atoms with Crippen molar-refractivity contribution in [1.29, 1.82) is 0 Å². The van der Waals surface area contributed by atoms with Crippen LogP contribution in [0.15, 0.2) is 194 Å². The Morgan fingerprint density at radius 1 is 0.285 bits per heavy atom. The second-order valence-electron chi connectivity index (χ2n) is 33.5. The molecule has 4 aliphatic heterocycles. The van der Waals surface area contributed by atoms with E-state index in [9.17, 15) is 64.2 Å². The number of aromatic hydroxyl groups is 10. The van der Waals surface area contributed by atoms with Crippen LogP contribution in [0.3, 0.4) is 0 Å². The highest BCUT2D eigenvalue weighted by Gasteiger charge is 2.42. The predicted octanol–water partition coefficient (Wildman–Crippen LogP) is 21.3. The summed E-state index contributed by atoms with van der Waals surface area (Å²) >= 11 is 0. The first kappa shape index (κ1) is 87.4. The number of ether oxygens (including phenoxy) is 9. The van der Waals surface area contributed by atoms with E-state index in [1.807, 2.05) is 87.5 Å². The third-order valence-electron chi connectivity index (χ3n) is 23.9. The molecule has 0 bridgehead atoms. The fraction of sp³-hybridized carbons (Fsp3) is 0.287. The molecule has 4 heterocycles. The molecule has 12 aromatic carbocycles. The lowest BCUT2D eigenvalue weighted by Crippen LogP contribution is -2.27. The molecule has 0 radical (unpaired) electrons. The minimum Gasteiger partial charge on any atom is -0.508 e.